The molecule has 16 heavy (non-hydrogen) atoms. The van der Waals surface area contributed by atoms with E-state index in [1.165, 1.54) is 0 Å². The van der Waals surface area contributed by atoms with Gasteiger partial charge in [0.25, 0.3) is 0 Å². The minimum Gasteiger partial charge on any atom is -0.395 e. The van der Waals surface area contributed by atoms with Crippen LogP contribution >= 0.6 is 0 Å². The molecule has 0 rings (SSSR count). The molecule has 0 aliphatic rings. The number of nitrogens with one attached hydrogen (secondary N) is 1. The molecule has 0 aromatic carbocycles. The van der Waals surface area contributed by atoms with Crippen molar-refractivity contribution in [1.29, 1.82) is 0 Å². The third-order valence-electron chi connectivity index (χ3n) is 2.94. The maximum Gasteiger partial charge on any atom is 0.227 e. The maximum atomic E-state index is 12.2. The number of carbonyl (C=O) groups is 1. The molecule has 1 atom stereocenters. The summed E-state index contributed by atoms with van der Waals surface area (Å²) in [5.74, 6) is 0.106. The molecule has 0 fully saturated rings. The average Bonchev–Trinajstić information content (AvgIpc) is 2.29. The fraction of sp³-hybridized carbons (Fsp3) is 0.917. The smallest absolute Gasteiger partial charge is 0.227 e. The van der Waals surface area contributed by atoms with E-state index < -0.39 is 0 Å². The Labute approximate surface area is 99.0 Å². The fourth-order valence-electron chi connectivity index (χ4n) is 1.99. The van der Waals surface area contributed by atoms with Crippen molar-refractivity contribution in [3.8, 4) is 0 Å². The number of nitrogens with zero attached hydrogens (tertiary/aromatic N) is 1. The van der Waals surface area contributed by atoms with E-state index in [2.05, 4.69) is 19.2 Å². The highest BCUT2D eigenvalue weighted by Gasteiger charge is 2.24. The SMILES string of the molecule is CCC(CC)N(CCO)C(=O)C(C)CNC. The van der Waals surface area contributed by atoms with Crippen molar-refractivity contribution in [2.45, 2.75) is 39.7 Å². The lowest BCUT2D eigenvalue weighted by atomic mass is 10.1. The molecule has 0 bridgehead atoms. The summed E-state index contributed by atoms with van der Waals surface area (Å²) in [6.07, 6.45) is 1.88. The first-order chi connectivity index (χ1) is 7.62. The molecule has 0 saturated heterocycles. The lowest BCUT2D eigenvalue weighted by molar-refractivity contribution is -0.138. The molecule has 0 aromatic heterocycles. The molecule has 0 radical (unpaired) electrons. The van der Waals surface area contributed by atoms with E-state index in [1.807, 2.05) is 18.9 Å². The molecular formula is C12H26N2O2. The van der Waals surface area contributed by atoms with Crippen LogP contribution in [0.5, 0.6) is 0 Å². The Morgan fingerprint density at radius 3 is 2.31 bits per heavy atom. The van der Waals surface area contributed by atoms with Gasteiger partial charge in [-0.05, 0) is 19.9 Å². The van der Waals surface area contributed by atoms with E-state index in [-0.39, 0.29) is 24.5 Å². The summed E-state index contributed by atoms with van der Waals surface area (Å²) >= 11 is 0. The molecule has 1 unspecified atom stereocenters. The number of hydrogen-bond acceptors (Lipinski definition) is 3. The second-order valence-corrected chi connectivity index (χ2v) is 4.18. The van der Waals surface area contributed by atoms with E-state index in [1.54, 1.807) is 0 Å². The summed E-state index contributed by atoms with van der Waals surface area (Å²) in [5, 5.41) is 12.0. The number of carbonyl (C=O) groups excluding carboxylic acids is 1. The zero-order valence-corrected chi connectivity index (χ0v) is 11.0. The molecule has 0 saturated carbocycles. The molecule has 0 aliphatic carbocycles. The van der Waals surface area contributed by atoms with E-state index in [0.717, 1.165) is 12.8 Å². The van der Waals surface area contributed by atoms with Crippen molar-refractivity contribution >= 4 is 5.91 Å². The maximum absolute atomic E-state index is 12.2. The normalized spacial score (nSPS) is 12.9. The van der Waals surface area contributed by atoms with Gasteiger partial charge in [-0.3, -0.25) is 4.79 Å². The van der Waals surface area contributed by atoms with Gasteiger partial charge in [-0.15, -0.1) is 0 Å². The van der Waals surface area contributed by atoms with Gasteiger partial charge >= 0.3 is 0 Å². The monoisotopic (exact) mass is 230 g/mol. The van der Waals surface area contributed by atoms with Crippen molar-refractivity contribution in [3.63, 3.8) is 0 Å². The van der Waals surface area contributed by atoms with Gasteiger partial charge in [0, 0.05) is 25.0 Å². The summed E-state index contributed by atoms with van der Waals surface area (Å²) in [6.45, 7) is 7.24. The first-order valence-electron chi connectivity index (χ1n) is 6.18. The highest BCUT2D eigenvalue weighted by molar-refractivity contribution is 5.79. The molecule has 2 N–H and O–H groups in total. The second-order valence-electron chi connectivity index (χ2n) is 4.18. The number of hydrogen-bond donors (Lipinski definition) is 2. The third-order valence-corrected chi connectivity index (χ3v) is 2.94. The summed E-state index contributed by atoms with van der Waals surface area (Å²) < 4.78 is 0. The Kier molecular flexibility index (Phi) is 8.21. The molecule has 0 heterocycles. The lowest BCUT2D eigenvalue weighted by Gasteiger charge is -2.32. The van der Waals surface area contributed by atoms with Crippen LogP contribution in [-0.4, -0.2) is 48.7 Å². The zero-order valence-electron chi connectivity index (χ0n) is 11.0. The molecule has 4 heteroatoms. The minimum atomic E-state index is -0.0304. The highest BCUT2D eigenvalue weighted by Crippen LogP contribution is 2.12. The van der Waals surface area contributed by atoms with Crippen molar-refractivity contribution in [2.75, 3.05) is 26.7 Å². The van der Waals surface area contributed by atoms with E-state index in [0.29, 0.717) is 13.1 Å². The highest BCUT2D eigenvalue weighted by atomic mass is 16.3. The van der Waals surface area contributed by atoms with Crippen LogP contribution in [0.1, 0.15) is 33.6 Å². The Morgan fingerprint density at radius 1 is 1.38 bits per heavy atom. The Balaban J connectivity index is 4.55. The van der Waals surface area contributed by atoms with Crippen molar-refractivity contribution < 1.29 is 9.90 Å². The van der Waals surface area contributed by atoms with Crippen molar-refractivity contribution in [3.05, 3.63) is 0 Å². The predicted molar refractivity (Wildman–Crippen MR) is 66.3 cm³/mol. The lowest BCUT2D eigenvalue weighted by Crippen LogP contribution is -2.45. The molecule has 4 nitrogen and oxygen atoms in total. The van der Waals surface area contributed by atoms with Gasteiger partial charge in [-0.2, -0.15) is 0 Å². The van der Waals surface area contributed by atoms with Gasteiger partial charge in [-0.25, -0.2) is 0 Å². The quantitative estimate of drug-likeness (QED) is 0.650. The Morgan fingerprint density at radius 2 is 1.94 bits per heavy atom. The molecule has 96 valence electrons. The Bertz CT molecular complexity index is 193. The summed E-state index contributed by atoms with van der Waals surface area (Å²) in [6, 6.07) is 0.249. The summed E-state index contributed by atoms with van der Waals surface area (Å²) in [7, 11) is 1.84. The van der Waals surface area contributed by atoms with Gasteiger partial charge in [0.15, 0.2) is 0 Å². The number of amides is 1. The third kappa shape index (κ3) is 4.49. The van der Waals surface area contributed by atoms with Gasteiger partial charge in [-0.1, -0.05) is 20.8 Å². The van der Waals surface area contributed by atoms with E-state index in [4.69, 9.17) is 5.11 Å². The Hall–Kier alpha value is -0.610. The topological polar surface area (TPSA) is 52.6 Å². The van der Waals surface area contributed by atoms with Gasteiger partial charge in [0.2, 0.25) is 5.91 Å². The zero-order chi connectivity index (χ0) is 12.6. The van der Waals surface area contributed by atoms with Crippen LogP contribution in [0.2, 0.25) is 0 Å². The number of aliphatic hydroxyl groups is 1. The van der Waals surface area contributed by atoms with Crippen molar-refractivity contribution in [1.82, 2.24) is 10.2 Å². The standard InChI is InChI=1S/C12H26N2O2/c1-5-11(6-2)14(7-8-15)12(16)10(3)9-13-4/h10-11,13,15H,5-9H2,1-4H3. The first-order valence-corrected chi connectivity index (χ1v) is 6.18. The molecule has 0 aliphatic heterocycles. The van der Waals surface area contributed by atoms with Crippen LogP contribution in [-0.2, 0) is 4.79 Å². The fourth-order valence-corrected chi connectivity index (χ4v) is 1.99. The van der Waals surface area contributed by atoms with Crippen LogP contribution < -0.4 is 5.32 Å². The van der Waals surface area contributed by atoms with Gasteiger partial charge in [0.05, 0.1) is 6.61 Å². The first kappa shape index (κ1) is 15.4. The van der Waals surface area contributed by atoms with E-state index in [9.17, 15) is 4.79 Å². The average molecular weight is 230 g/mol. The number of rotatable bonds is 8. The second kappa shape index (κ2) is 8.53. The molecular weight excluding hydrogens is 204 g/mol. The van der Waals surface area contributed by atoms with Crippen LogP contribution in [0, 0.1) is 5.92 Å². The van der Waals surface area contributed by atoms with Crippen LogP contribution in [0.25, 0.3) is 0 Å². The molecule has 1 amide bonds. The van der Waals surface area contributed by atoms with Crippen LogP contribution in [0.4, 0.5) is 0 Å². The van der Waals surface area contributed by atoms with Gasteiger partial charge < -0.3 is 15.3 Å². The van der Waals surface area contributed by atoms with E-state index >= 15 is 0 Å². The van der Waals surface area contributed by atoms with Gasteiger partial charge in [0.1, 0.15) is 0 Å². The van der Waals surface area contributed by atoms with Crippen molar-refractivity contribution in [2.24, 2.45) is 5.92 Å². The minimum absolute atomic E-state index is 0.0304. The molecule has 0 spiro atoms. The largest absolute Gasteiger partial charge is 0.395 e. The predicted octanol–water partition coefficient (Wildman–Crippen LogP) is 0.851. The molecule has 0 aromatic rings. The van der Waals surface area contributed by atoms with Crippen LogP contribution in [0.15, 0.2) is 0 Å². The number of aliphatic hydroxyl groups excluding tert-OH is 1. The summed E-state index contributed by atoms with van der Waals surface area (Å²) in [4.78, 5) is 14.0. The van der Waals surface area contributed by atoms with Crippen LogP contribution in [0.3, 0.4) is 0 Å². The summed E-state index contributed by atoms with van der Waals surface area (Å²) in [5.41, 5.74) is 0.